The Hall–Kier alpha value is -4.74. The summed E-state index contributed by atoms with van der Waals surface area (Å²) in [6, 6.07) is 20.0. The van der Waals surface area contributed by atoms with E-state index in [2.05, 4.69) is 35.3 Å². The minimum Gasteiger partial charge on any atom is -0.508 e. The van der Waals surface area contributed by atoms with Crippen molar-refractivity contribution in [2.24, 2.45) is 0 Å². The zero-order valence-corrected chi connectivity index (χ0v) is 26.6. The van der Waals surface area contributed by atoms with Gasteiger partial charge in [-0.2, -0.15) is 0 Å². The summed E-state index contributed by atoms with van der Waals surface area (Å²) in [5.41, 5.74) is 7.04. The molecular weight excluding hydrogens is 606 g/mol. The summed E-state index contributed by atoms with van der Waals surface area (Å²) in [6.07, 6.45) is 4.36. The second-order valence-corrected chi connectivity index (χ2v) is 12.8. The summed E-state index contributed by atoms with van der Waals surface area (Å²) in [5, 5.41) is 29.1. The highest BCUT2D eigenvalue weighted by Crippen LogP contribution is 2.41. The molecule has 0 bridgehead atoms. The average molecular weight is 644 g/mol. The average Bonchev–Trinajstić information content (AvgIpc) is 3.75. The molecule has 0 radical (unpaired) electrons. The van der Waals surface area contributed by atoms with E-state index in [1.807, 2.05) is 36.4 Å². The number of rotatable bonds is 7. The number of anilines is 1. The highest BCUT2D eigenvalue weighted by atomic mass is 32.1. The van der Waals surface area contributed by atoms with Gasteiger partial charge in [0.05, 0.1) is 0 Å². The van der Waals surface area contributed by atoms with E-state index in [9.17, 15) is 14.7 Å². The van der Waals surface area contributed by atoms with Crippen molar-refractivity contribution in [3.63, 3.8) is 0 Å². The molecule has 1 aromatic heterocycles. The van der Waals surface area contributed by atoms with Gasteiger partial charge in [0.1, 0.15) is 11.8 Å². The molecule has 3 aromatic carbocycles. The number of aromatic hydroxyl groups is 1. The van der Waals surface area contributed by atoms with E-state index in [4.69, 9.17) is 19.8 Å². The van der Waals surface area contributed by atoms with Crippen molar-refractivity contribution in [1.29, 1.82) is 0 Å². The van der Waals surface area contributed by atoms with Crippen molar-refractivity contribution < 1.29 is 34.5 Å². The second-order valence-electron chi connectivity index (χ2n) is 11.7. The normalized spacial score (nSPS) is 16.3. The van der Waals surface area contributed by atoms with Crippen molar-refractivity contribution in [3.05, 3.63) is 82.9 Å². The molecule has 4 aromatic rings. The van der Waals surface area contributed by atoms with E-state index >= 15 is 0 Å². The number of nitrogens with zero attached hydrogens (tertiary/aromatic N) is 2. The molecule has 3 heterocycles. The number of aliphatic carboxylic acids is 2. The molecule has 0 aliphatic carbocycles. The second kappa shape index (κ2) is 14.1. The van der Waals surface area contributed by atoms with Gasteiger partial charge in [-0.25, -0.2) is 9.59 Å². The Morgan fingerprint density at radius 3 is 2.26 bits per heavy atom. The maximum atomic E-state index is 12.8. The first-order valence-corrected chi connectivity index (χ1v) is 16.0. The number of phenolic OH excluding ortho intramolecular Hbond substituents is 1. The van der Waals surface area contributed by atoms with Crippen molar-refractivity contribution in [1.82, 2.24) is 9.80 Å². The first kappa shape index (κ1) is 32.6. The lowest BCUT2D eigenvalue weighted by molar-refractivity contribution is -0.159. The third-order valence-corrected chi connectivity index (χ3v) is 9.79. The molecule has 1 unspecified atom stereocenters. The van der Waals surface area contributed by atoms with Crippen LogP contribution in [0.15, 0.2) is 60.7 Å². The number of phenols is 1. The first-order valence-electron chi connectivity index (χ1n) is 15.2. The SMILES string of the molecule is Cc1cc(Cc2c(-c3ccc(NC(=O)C4CCC(=O)N4C)cc3)sc3cc(O)ccc23)ccc1CN1CCCC1.O=C(O)C(=O)O. The molecule has 2 fully saturated rings. The van der Waals surface area contributed by atoms with E-state index < -0.39 is 18.0 Å². The van der Waals surface area contributed by atoms with Crippen LogP contribution in [0.5, 0.6) is 5.75 Å². The lowest BCUT2D eigenvalue weighted by Gasteiger charge is -2.19. The zero-order valence-electron chi connectivity index (χ0n) is 25.8. The van der Waals surface area contributed by atoms with Crippen LogP contribution in [0, 0.1) is 6.92 Å². The number of amides is 2. The summed E-state index contributed by atoms with van der Waals surface area (Å²) in [6.45, 7) is 5.62. The van der Waals surface area contributed by atoms with Crippen molar-refractivity contribution in [2.45, 2.75) is 51.6 Å². The highest BCUT2D eigenvalue weighted by molar-refractivity contribution is 7.22. The Bertz CT molecular complexity index is 1770. The third-order valence-electron chi connectivity index (χ3n) is 8.55. The standard InChI is InChI=1S/C33H35N3O3S.C2H2O4/c1-21-17-22(5-6-24(21)20-36-15-3-4-16-36)18-28-27-12-11-26(37)19-30(27)40-32(28)23-7-9-25(10-8-23)34-33(39)29-13-14-31(38)35(29)2;3-1(4)2(5)6/h5-12,17,19,29,37H,3-4,13-16,18,20H2,1-2H3,(H,34,39);(H,3,4)(H,5,6). The van der Waals surface area contributed by atoms with Crippen LogP contribution in [-0.4, -0.2) is 75.1 Å². The Labute approximate surface area is 270 Å². The van der Waals surface area contributed by atoms with Crippen LogP contribution in [-0.2, 0) is 32.1 Å². The summed E-state index contributed by atoms with van der Waals surface area (Å²) < 4.78 is 1.05. The molecular formula is C35H37N3O7S. The zero-order chi connectivity index (χ0) is 33.0. The topological polar surface area (TPSA) is 147 Å². The van der Waals surface area contributed by atoms with Crippen LogP contribution in [0.25, 0.3) is 20.5 Å². The summed E-state index contributed by atoms with van der Waals surface area (Å²) >= 11 is 1.68. The van der Waals surface area contributed by atoms with Gasteiger partial charge in [0, 0.05) is 35.3 Å². The molecule has 6 rings (SSSR count). The molecule has 2 saturated heterocycles. The van der Waals surface area contributed by atoms with E-state index in [1.54, 1.807) is 24.5 Å². The van der Waals surface area contributed by atoms with Gasteiger partial charge in [-0.3, -0.25) is 14.5 Å². The minimum absolute atomic E-state index is 0.00949. The number of benzene rings is 3. The molecule has 2 aliphatic rings. The molecule has 0 spiro atoms. The Morgan fingerprint density at radius 1 is 0.957 bits per heavy atom. The fraction of sp³-hybridized carbons (Fsp3) is 0.314. The monoisotopic (exact) mass is 643 g/mol. The van der Waals surface area contributed by atoms with Crippen LogP contribution >= 0.6 is 11.3 Å². The van der Waals surface area contributed by atoms with E-state index in [1.165, 1.54) is 58.0 Å². The molecule has 11 heteroatoms. The number of carbonyl (C=O) groups is 4. The van der Waals surface area contributed by atoms with E-state index in [-0.39, 0.29) is 17.6 Å². The largest absolute Gasteiger partial charge is 0.508 e. The number of hydrogen-bond acceptors (Lipinski definition) is 7. The van der Waals surface area contributed by atoms with Crippen LogP contribution in [0.1, 0.15) is 47.9 Å². The Balaban J connectivity index is 0.000000635. The van der Waals surface area contributed by atoms with Crippen LogP contribution in [0.3, 0.4) is 0 Å². The number of likely N-dealkylation sites (tertiary alicyclic amines) is 2. The summed E-state index contributed by atoms with van der Waals surface area (Å²) in [7, 11) is 1.69. The van der Waals surface area contributed by atoms with Gasteiger partial charge in [-0.15, -0.1) is 11.3 Å². The molecule has 4 N–H and O–H groups in total. The number of hydrogen-bond donors (Lipinski definition) is 4. The number of thiophene rings is 1. The lowest BCUT2D eigenvalue weighted by Crippen LogP contribution is -2.38. The predicted octanol–water partition coefficient (Wildman–Crippen LogP) is 5.48. The molecule has 10 nitrogen and oxygen atoms in total. The van der Waals surface area contributed by atoms with Gasteiger partial charge in [0.2, 0.25) is 11.8 Å². The summed E-state index contributed by atoms with van der Waals surface area (Å²) in [4.78, 5) is 48.0. The van der Waals surface area contributed by atoms with E-state index in [0.29, 0.717) is 18.5 Å². The lowest BCUT2D eigenvalue weighted by atomic mass is 9.96. The molecule has 0 saturated carbocycles. The number of nitrogens with one attached hydrogen (secondary N) is 1. The number of likely N-dealkylation sites (N-methyl/N-ethyl adjacent to an activating group) is 1. The first-order chi connectivity index (χ1) is 22.0. The number of fused-ring (bicyclic) bond motifs is 1. The number of carboxylic acid groups (broad SMARTS) is 2. The van der Waals surface area contributed by atoms with Gasteiger partial charge >= 0.3 is 11.9 Å². The van der Waals surface area contributed by atoms with Gasteiger partial charge in [0.25, 0.3) is 0 Å². The van der Waals surface area contributed by atoms with Crippen LogP contribution < -0.4 is 5.32 Å². The fourth-order valence-electron chi connectivity index (χ4n) is 6.02. The molecule has 2 aliphatic heterocycles. The quantitative estimate of drug-likeness (QED) is 0.194. The highest BCUT2D eigenvalue weighted by Gasteiger charge is 2.33. The molecule has 240 valence electrons. The van der Waals surface area contributed by atoms with Crippen molar-refractivity contribution in [2.75, 3.05) is 25.5 Å². The van der Waals surface area contributed by atoms with Gasteiger partial charge in [0.15, 0.2) is 0 Å². The third kappa shape index (κ3) is 7.55. The number of aryl methyl sites for hydroxylation is 1. The van der Waals surface area contributed by atoms with Gasteiger partial charge in [-0.05, 0) is 109 Å². The molecule has 46 heavy (non-hydrogen) atoms. The van der Waals surface area contributed by atoms with Gasteiger partial charge in [-0.1, -0.05) is 30.3 Å². The Morgan fingerprint density at radius 2 is 1.65 bits per heavy atom. The maximum Gasteiger partial charge on any atom is 0.414 e. The van der Waals surface area contributed by atoms with Crippen LogP contribution in [0.2, 0.25) is 0 Å². The van der Waals surface area contributed by atoms with Crippen molar-refractivity contribution in [3.8, 4) is 16.2 Å². The molecule has 1 atom stereocenters. The van der Waals surface area contributed by atoms with Gasteiger partial charge < -0.3 is 25.5 Å². The number of carbonyl (C=O) groups excluding carboxylic acids is 2. The van der Waals surface area contributed by atoms with E-state index in [0.717, 1.165) is 28.6 Å². The molecule has 2 amide bonds. The minimum atomic E-state index is -1.82. The van der Waals surface area contributed by atoms with Crippen LogP contribution in [0.4, 0.5) is 5.69 Å². The maximum absolute atomic E-state index is 12.8. The Kier molecular flexibility index (Phi) is 10.0. The van der Waals surface area contributed by atoms with Crippen molar-refractivity contribution >= 4 is 50.9 Å². The summed E-state index contributed by atoms with van der Waals surface area (Å²) in [5.74, 6) is -3.52. The fourth-order valence-corrected chi connectivity index (χ4v) is 7.28. The smallest absolute Gasteiger partial charge is 0.414 e. The number of carboxylic acids is 2. The predicted molar refractivity (Wildman–Crippen MR) is 177 cm³/mol.